The molecule has 1 amide bonds. The Balaban J connectivity index is 1.56. The summed E-state index contributed by atoms with van der Waals surface area (Å²) in [4.78, 5) is 13.3. The number of nitrogens with zero attached hydrogens (tertiary/aromatic N) is 1. The zero-order valence-electron chi connectivity index (χ0n) is 18.9. The molecule has 2 aromatic rings. The van der Waals surface area contributed by atoms with E-state index < -0.39 is 10.0 Å². The standard InChI is InChI=1S/C25H32N2O4S/c1-18(20-11-10-19-8-4-5-9-21(19)16-20)26-25(28)23-17-22(12-13-24(23)31-2)32(29,30)27-14-6-3-7-15-27/h10-13,16-18H,3-9,14-15H2,1-2H3,(H,26,28). The van der Waals surface area contributed by atoms with Gasteiger partial charge in [-0.2, -0.15) is 4.31 Å². The molecule has 0 aromatic heterocycles. The van der Waals surface area contributed by atoms with Gasteiger partial charge in [0.15, 0.2) is 0 Å². The van der Waals surface area contributed by atoms with Gasteiger partial charge in [-0.25, -0.2) is 8.42 Å². The Morgan fingerprint density at radius 2 is 1.69 bits per heavy atom. The lowest BCUT2D eigenvalue weighted by molar-refractivity contribution is 0.0936. The number of carbonyl (C=O) groups excluding carboxylic acids is 1. The summed E-state index contributed by atoms with van der Waals surface area (Å²) >= 11 is 0. The van der Waals surface area contributed by atoms with Gasteiger partial charge in [-0.05, 0) is 80.3 Å². The Labute approximate surface area is 191 Å². The van der Waals surface area contributed by atoms with Gasteiger partial charge < -0.3 is 10.1 Å². The Bertz CT molecular complexity index is 1090. The van der Waals surface area contributed by atoms with Crippen LogP contribution in [0.2, 0.25) is 0 Å². The Morgan fingerprint density at radius 1 is 0.969 bits per heavy atom. The zero-order chi connectivity index (χ0) is 22.7. The Morgan fingerprint density at radius 3 is 2.41 bits per heavy atom. The maximum Gasteiger partial charge on any atom is 0.255 e. The quantitative estimate of drug-likeness (QED) is 0.705. The van der Waals surface area contributed by atoms with Crippen LogP contribution in [0.4, 0.5) is 0 Å². The van der Waals surface area contributed by atoms with Crippen LogP contribution in [-0.4, -0.2) is 38.8 Å². The van der Waals surface area contributed by atoms with Crippen molar-refractivity contribution in [1.29, 1.82) is 0 Å². The number of benzene rings is 2. The molecule has 1 aliphatic heterocycles. The first kappa shape index (κ1) is 22.8. The molecule has 1 aliphatic carbocycles. The number of sulfonamides is 1. The largest absolute Gasteiger partial charge is 0.496 e. The van der Waals surface area contributed by atoms with Gasteiger partial charge in [0, 0.05) is 13.1 Å². The molecule has 2 aliphatic rings. The number of fused-ring (bicyclic) bond motifs is 1. The normalized spacial score (nSPS) is 17.9. The number of carbonyl (C=O) groups is 1. The van der Waals surface area contributed by atoms with E-state index in [0.29, 0.717) is 18.8 Å². The van der Waals surface area contributed by atoms with E-state index in [4.69, 9.17) is 4.74 Å². The van der Waals surface area contributed by atoms with Gasteiger partial charge in [-0.3, -0.25) is 4.79 Å². The van der Waals surface area contributed by atoms with Crippen LogP contribution in [0.3, 0.4) is 0 Å². The van der Waals surface area contributed by atoms with Crippen molar-refractivity contribution in [2.75, 3.05) is 20.2 Å². The second kappa shape index (κ2) is 9.63. The Kier molecular flexibility index (Phi) is 6.86. The van der Waals surface area contributed by atoms with Gasteiger partial charge in [0.2, 0.25) is 10.0 Å². The van der Waals surface area contributed by atoms with E-state index in [1.165, 1.54) is 47.5 Å². The van der Waals surface area contributed by atoms with Crippen LogP contribution in [0.15, 0.2) is 41.3 Å². The molecular formula is C25H32N2O4S. The van der Waals surface area contributed by atoms with E-state index in [1.54, 1.807) is 6.07 Å². The van der Waals surface area contributed by atoms with Crippen LogP contribution >= 0.6 is 0 Å². The maximum atomic E-state index is 13.2. The van der Waals surface area contributed by atoms with Gasteiger partial charge in [0.05, 0.1) is 23.6 Å². The summed E-state index contributed by atoms with van der Waals surface area (Å²) in [6.07, 6.45) is 7.40. The van der Waals surface area contributed by atoms with Crippen molar-refractivity contribution in [1.82, 2.24) is 9.62 Å². The predicted molar refractivity (Wildman–Crippen MR) is 125 cm³/mol. The highest BCUT2D eigenvalue weighted by Gasteiger charge is 2.28. The molecule has 172 valence electrons. The highest BCUT2D eigenvalue weighted by Crippen LogP contribution is 2.28. The topological polar surface area (TPSA) is 75.7 Å². The van der Waals surface area contributed by atoms with Crippen LogP contribution in [0.5, 0.6) is 5.75 Å². The van der Waals surface area contributed by atoms with Crippen molar-refractivity contribution in [2.24, 2.45) is 0 Å². The summed E-state index contributed by atoms with van der Waals surface area (Å²) in [6.45, 7) is 2.99. The number of piperidine rings is 1. The average molecular weight is 457 g/mol. The van der Waals surface area contributed by atoms with E-state index >= 15 is 0 Å². The number of nitrogens with one attached hydrogen (secondary N) is 1. The van der Waals surface area contributed by atoms with Crippen LogP contribution in [0.1, 0.15) is 72.1 Å². The summed E-state index contributed by atoms with van der Waals surface area (Å²) in [6, 6.07) is 10.7. The second-order valence-electron chi connectivity index (χ2n) is 8.76. The minimum atomic E-state index is -3.64. The lowest BCUT2D eigenvalue weighted by atomic mass is 9.89. The number of ether oxygens (including phenoxy) is 1. The van der Waals surface area contributed by atoms with E-state index in [0.717, 1.165) is 37.7 Å². The third-order valence-corrected chi connectivity index (χ3v) is 8.48. The van der Waals surface area contributed by atoms with Crippen molar-refractivity contribution < 1.29 is 17.9 Å². The van der Waals surface area contributed by atoms with Crippen molar-refractivity contribution in [3.05, 3.63) is 58.7 Å². The molecule has 2 aromatic carbocycles. The molecule has 1 saturated heterocycles. The van der Waals surface area contributed by atoms with Crippen LogP contribution in [-0.2, 0) is 22.9 Å². The number of hydrogen-bond donors (Lipinski definition) is 1. The molecule has 4 rings (SSSR count). The minimum absolute atomic E-state index is 0.131. The first-order valence-corrected chi connectivity index (χ1v) is 12.9. The monoisotopic (exact) mass is 456 g/mol. The molecule has 0 bridgehead atoms. The second-order valence-corrected chi connectivity index (χ2v) is 10.7. The highest BCUT2D eigenvalue weighted by atomic mass is 32.2. The molecule has 1 heterocycles. The fourth-order valence-corrected chi connectivity index (χ4v) is 6.20. The number of amides is 1. The van der Waals surface area contributed by atoms with Gasteiger partial charge in [0.1, 0.15) is 5.75 Å². The van der Waals surface area contributed by atoms with Gasteiger partial charge in [0.25, 0.3) is 5.91 Å². The molecule has 0 radical (unpaired) electrons. The molecule has 32 heavy (non-hydrogen) atoms. The Hall–Kier alpha value is -2.38. The number of rotatable bonds is 6. The maximum absolute atomic E-state index is 13.2. The summed E-state index contributed by atoms with van der Waals surface area (Å²) in [5.41, 5.74) is 4.04. The van der Waals surface area contributed by atoms with Crippen LogP contribution in [0, 0.1) is 0 Å². The third-order valence-electron chi connectivity index (χ3n) is 6.59. The number of hydrogen-bond acceptors (Lipinski definition) is 4. The molecule has 7 heteroatoms. The van der Waals surface area contributed by atoms with Crippen LogP contribution < -0.4 is 10.1 Å². The summed E-state index contributed by atoms with van der Waals surface area (Å²) in [5.74, 6) is 0.0144. The van der Waals surface area contributed by atoms with Crippen molar-refractivity contribution in [3.63, 3.8) is 0 Å². The first-order chi connectivity index (χ1) is 15.4. The van der Waals surface area contributed by atoms with Crippen molar-refractivity contribution in [3.8, 4) is 5.75 Å². The van der Waals surface area contributed by atoms with E-state index in [-0.39, 0.29) is 22.4 Å². The first-order valence-electron chi connectivity index (χ1n) is 11.5. The molecule has 1 unspecified atom stereocenters. The highest BCUT2D eigenvalue weighted by molar-refractivity contribution is 7.89. The van der Waals surface area contributed by atoms with Crippen molar-refractivity contribution in [2.45, 2.75) is 62.8 Å². The molecule has 1 N–H and O–H groups in total. The minimum Gasteiger partial charge on any atom is -0.496 e. The zero-order valence-corrected chi connectivity index (χ0v) is 19.7. The SMILES string of the molecule is COc1ccc(S(=O)(=O)N2CCCCC2)cc1C(=O)NC(C)c1ccc2c(c1)CCCC2. The molecule has 0 saturated carbocycles. The van der Waals surface area contributed by atoms with Crippen molar-refractivity contribution >= 4 is 15.9 Å². The van der Waals surface area contributed by atoms with Crippen LogP contribution in [0.25, 0.3) is 0 Å². The summed E-state index contributed by atoms with van der Waals surface area (Å²) in [7, 11) is -2.15. The fourth-order valence-electron chi connectivity index (χ4n) is 4.66. The van der Waals surface area contributed by atoms with E-state index in [2.05, 4.69) is 23.5 Å². The lowest BCUT2D eigenvalue weighted by Gasteiger charge is -2.26. The smallest absolute Gasteiger partial charge is 0.255 e. The number of aryl methyl sites for hydroxylation is 2. The average Bonchev–Trinajstić information content (AvgIpc) is 2.83. The molecule has 6 nitrogen and oxygen atoms in total. The molecule has 1 fully saturated rings. The van der Waals surface area contributed by atoms with Gasteiger partial charge in [-0.1, -0.05) is 24.6 Å². The van der Waals surface area contributed by atoms with E-state index in [1.807, 2.05) is 6.92 Å². The third kappa shape index (κ3) is 4.69. The predicted octanol–water partition coefficient (Wildman–Crippen LogP) is 4.24. The number of methoxy groups -OCH3 is 1. The lowest BCUT2D eigenvalue weighted by Crippen LogP contribution is -2.35. The fraction of sp³-hybridized carbons (Fsp3) is 0.480. The summed E-state index contributed by atoms with van der Waals surface area (Å²) in [5, 5.41) is 3.02. The summed E-state index contributed by atoms with van der Waals surface area (Å²) < 4.78 is 33.1. The molecular weight excluding hydrogens is 424 g/mol. The molecule has 1 atom stereocenters. The molecule has 0 spiro atoms. The van der Waals surface area contributed by atoms with E-state index in [9.17, 15) is 13.2 Å². The van der Waals surface area contributed by atoms with Gasteiger partial charge in [-0.15, -0.1) is 0 Å². The van der Waals surface area contributed by atoms with Gasteiger partial charge >= 0.3 is 0 Å².